The van der Waals surface area contributed by atoms with Gasteiger partial charge in [0.05, 0.1) is 5.41 Å². The molecule has 0 bridgehead atoms. The lowest BCUT2D eigenvalue weighted by Gasteiger charge is -2.39. The lowest BCUT2D eigenvalue weighted by molar-refractivity contribution is -0.147. The number of rotatable bonds is 2. The SMILES string of the molecule is Cc1c(Cl)cccc1C1(C(=O)O)CCC1. The topological polar surface area (TPSA) is 37.3 Å². The van der Waals surface area contributed by atoms with E-state index in [9.17, 15) is 9.90 Å². The third kappa shape index (κ3) is 1.44. The number of carboxylic acids is 1. The van der Waals surface area contributed by atoms with Crippen LogP contribution in [-0.4, -0.2) is 11.1 Å². The third-order valence-electron chi connectivity index (χ3n) is 3.40. The van der Waals surface area contributed by atoms with Gasteiger partial charge in [0.25, 0.3) is 0 Å². The van der Waals surface area contributed by atoms with Gasteiger partial charge in [-0.25, -0.2) is 0 Å². The van der Waals surface area contributed by atoms with Crippen LogP contribution in [0.4, 0.5) is 0 Å². The summed E-state index contributed by atoms with van der Waals surface area (Å²) in [4.78, 5) is 11.3. The minimum Gasteiger partial charge on any atom is -0.481 e. The fraction of sp³-hybridized carbons (Fsp3) is 0.417. The van der Waals surface area contributed by atoms with Crippen molar-refractivity contribution in [3.8, 4) is 0 Å². The molecular formula is C12H13ClO2. The molecule has 1 aromatic rings. The monoisotopic (exact) mass is 224 g/mol. The van der Waals surface area contributed by atoms with Crippen molar-refractivity contribution in [1.82, 2.24) is 0 Å². The second-order valence-electron chi connectivity index (χ2n) is 4.15. The fourth-order valence-corrected chi connectivity index (χ4v) is 2.43. The van der Waals surface area contributed by atoms with Crippen LogP contribution in [0.1, 0.15) is 30.4 Å². The lowest BCUT2D eigenvalue weighted by atomic mass is 9.63. The Bertz CT molecular complexity index is 408. The van der Waals surface area contributed by atoms with Gasteiger partial charge in [-0.3, -0.25) is 4.79 Å². The Morgan fingerprint density at radius 2 is 2.13 bits per heavy atom. The first-order valence-corrected chi connectivity index (χ1v) is 5.45. The number of hydrogen-bond donors (Lipinski definition) is 1. The molecule has 0 aromatic heterocycles. The molecule has 0 atom stereocenters. The van der Waals surface area contributed by atoms with E-state index >= 15 is 0 Å². The van der Waals surface area contributed by atoms with Gasteiger partial charge in [0, 0.05) is 5.02 Å². The smallest absolute Gasteiger partial charge is 0.314 e. The van der Waals surface area contributed by atoms with E-state index in [1.54, 1.807) is 6.07 Å². The Labute approximate surface area is 93.9 Å². The molecule has 0 unspecified atom stereocenters. The van der Waals surface area contributed by atoms with Crippen molar-refractivity contribution in [3.63, 3.8) is 0 Å². The van der Waals surface area contributed by atoms with E-state index < -0.39 is 11.4 Å². The molecule has 1 aliphatic rings. The number of hydrogen-bond acceptors (Lipinski definition) is 1. The predicted molar refractivity (Wildman–Crippen MR) is 59.4 cm³/mol. The van der Waals surface area contributed by atoms with Crippen LogP contribution in [0.25, 0.3) is 0 Å². The summed E-state index contributed by atoms with van der Waals surface area (Å²) < 4.78 is 0. The number of carbonyl (C=O) groups is 1. The van der Waals surface area contributed by atoms with Gasteiger partial charge in [0.1, 0.15) is 0 Å². The highest BCUT2D eigenvalue weighted by atomic mass is 35.5. The maximum atomic E-state index is 11.3. The average Bonchev–Trinajstić information content (AvgIpc) is 2.09. The molecule has 0 radical (unpaired) electrons. The molecule has 80 valence electrons. The van der Waals surface area contributed by atoms with E-state index in [0.29, 0.717) is 5.02 Å². The summed E-state index contributed by atoms with van der Waals surface area (Å²) in [5.74, 6) is -0.723. The zero-order valence-corrected chi connectivity index (χ0v) is 9.34. The van der Waals surface area contributed by atoms with Gasteiger partial charge in [-0.05, 0) is 37.0 Å². The molecule has 0 spiro atoms. The van der Waals surface area contributed by atoms with E-state index in [4.69, 9.17) is 11.6 Å². The molecule has 1 saturated carbocycles. The Morgan fingerprint density at radius 3 is 2.60 bits per heavy atom. The van der Waals surface area contributed by atoms with Crippen LogP contribution in [0.2, 0.25) is 5.02 Å². The highest BCUT2D eigenvalue weighted by Gasteiger charge is 2.46. The molecule has 0 amide bonds. The van der Waals surface area contributed by atoms with Gasteiger partial charge in [0.15, 0.2) is 0 Å². The van der Waals surface area contributed by atoms with Crippen molar-refractivity contribution < 1.29 is 9.90 Å². The van der Waals surface area contributed by atoms with Crippen molar-refractivity contribution in [1.29, 1.82) is 0 Å². The summed E-state index contributed by atoms with van der Waals surface area (Å²) in [6.45, 7) is 1.89. The molecule has 2 nitrogen and oxygen atoms in total. The molecule has 0 aliphatic heterocycles. The van der Waals surface area contributed by atoms with E-state index in [1.165, 1.54) is 0 Å². The minimum atomic E-state index is -0.723. The van der Waals surface area contributed by atoms with Crippen molar-refractivity contribution in [2.24, 2.45) is 0 Å². The molecule has 1 aromatic carbocycles. The summed E-state index contributed by atoms with van der Waals surface area (Å²) in [5.41, 5.74) is 1.12. The highest BCUT2D eigenvalue weighted by molar-refractivity contribution is 6.31. The summed E-state index contributed by atoms with van der Waals surface area (Å²) >= 11 is 6.01. The number of carboxylic acid groups (broad SMARTS) is 1. The van der Waals surface area contributed by atoms with Crippen LogP contribution < -0.4 is 0 Å². The standard InChI is InChI=1S/C12H13ClO2/c1-8-9(4-2-5-10(8)13)12(11(14)15)6-3-7-12/h2,4-5H,3,6-7H2,1H3,(H,14,15). The first-order chi connectivity index (χ1) is 7.08. The molecule has 1 fully saturated rings. The third-order valence-corrected chi connectivity index (χ3v) is 3.81. The molecule has 0 saturated heterocycles. The van der Waals surface area contributed by atoms with Crippen LogP contribution in [-0.2, 0) is 10.2 Å². The van der Waals surface area contributed by atoms with Gasteiger partial charge in [-0.1, -0.05) is 30.2 Å². The molecule has 2 rings (SSSR count). The molecule has 1 aliphatic carbocycles. The van der Waals surface area contributed by atoms with Crippen LogP contribution in [0.15, 0.2) is 18.2 Å². The maximum Gasteiger partial charge on any atom is 0.314 e. The molecule has 0 heterocycles. The Hall–Kier alpha value is -1.02. The minimum absolute atomic E-state index is 0.653. The quantitative estimate of drug-likeness (QED) is 0.838. The van der Waals surface area contributed by atoms with Crippen LogP contribution in [0, 0.1) is 6.92 Å². The van der Waals surface area contributed by atoms with Crippen LogP contribution in [0.5, 0.6) is 0 Å². The van der Waals surface area contributed by atoms with E-state index in [1.807, 2.05) is 19.1 Å². The molecule has 15 heavy (non-hydrogen) atoms. The van der Waals surface area contributed by atoms with Crippen LogP contribution in [0.3, 0.4) is 0 Å². The van der Waals surface area contributed by atoms with E-state index in [0.717, 1.165) is 30.4 Å². The van der Waals surface area contributed by atoms with Gasteiger partial charge in [0.2, 0.25) is 0 Å². The molecular weight excluding hydrogens is 212 g/mol. The summed E-state index contributed by atoms with van der Waals surface area (Å²) in [7, 11) is 0. The Balaban J connectivity index is 2.53. The number of aliphatic carboxylic acids is 1. The fourth-order valence-electron chi connectivity index (χ4n) is 2.25. The van der Waals surface area contributed by atoms with Crippen molar-refractivity contribution >= 4 is 17.6 Å². The summed E-state index contributed by atoms with van der Waals surface area (Å²) in [6, 6.07) is 5.51. The highest BCUT2D eigenvalue weighted by Crippen LogP contribution is 2.46. The largest absolute Gasteiger partial charge is 0.481 e. The van der Waals surface area contributed by atoms with Crippen LogP contribution >= 0.6 is 11.6 Å². The lowest BCUT2D eigenvalue weighted by Crippen LogP contribution is -2.42. The van der Waals surface area contributed by atoms with Gasteiger partial charge in [-0.15, -0.1) is 0 Å². The summed E-state index contributed by atoms with van der Waals surface area (Å²) in [5, 5.41) is 9.96. The maximum absolute atomic E-state index is 11.3. The normalized spacial score (nSPS) is 18.3. The van der Waals surface area contributed by atoms with Gasteiger partial charge < -0.3 is 5.11 Å². The second kappa shape index (κ2) is 3.53. The average molecular weight is 225 g/mol. The predicted octanol–water partition coefficient (Wildman–Crippen LogP) is 3.15. The van der Waals surface area contributed by atoms with Gasteiger partial charge >= 0.3 is 5.97 Å². The molecule has 3 heteroatoms. The van der Waals surface area contributed by atoms with Gasteiger partial charge in [-0.2, -0.15) is 0 Å². The summed E-state index contributed by atoms with van der Waals surface area (Å²) in [6.07, 6.45) is 2.44. The Kier molecular flexibility index (Phi) is 2.47. The zero-order chi connectivity index (χ0) is 11.1. The van der Waals surface area contributed by atoms with Crippen molar-refractivity contribution in [2.75, 3.05) is 0 Å². The van der Waals surface area contributed by atoms with Crippen molar-refractivity contribution in [3.05, 3.63) is 34.3 Å². The van der Waals surface area contributed by atoms with Crippen molar-refractivity contribution in [2.45, 2.75) is 31.6 Å². The van der Waals surface area contributed by atoms with E-state index in [2.05, 4.69) is 0 Å². The zero-order valence-electron chi connectivity index (χ0n) is 8.59. The number of benzene rings is 1. The first kappa shape index (κ1) is 10.5. The number of halogens is 1. The first-order valence-electron chi connectivity index (χ1n) is 5.07. The Morgan fingerprint density at radius 1 is 1.47 bits per heavy atom. The molecule has 1 N–H and O–H groups in total. The second-order valence-corrected chi connectivity index (χ2v) is 4.56. The van der Waals surface area contributed by atoms with E-state index in [-0.39, 0.29) is 0 Å².